The second kappa shape index (κ2) is 9.57. The van der Waals surface area contributed by atoms with E-state index in [0.29, 0.717) is 35.7 Å². The molecule has 6 rings (SSSR count). The Morgan fingerprint density at radius 3 is 2.53 bits per heavy atom. The number of benzene rings is 1. The molecule has 2 aromatic heterocycles. The van der Waals surface area contributed by atoms with E-state index < -0.39 is 12.3 Å². The molecule has 2 aliphatic heterocycles. The van der Waals surface area contributed by atoms with E-state index in [4.69, 9.17) is 9.26 Å². The van der Waals surface area contributed by atoms with Gasteiger partial charge >= 0.3 is 12.3 Å². The van der Waals surface area contributed by atoms with Crippen LogP contribution < -0.4 is 9.64 Å². The zero-order valence-electron chi connectivity index (χ0n) is 20.2. The smallest absolute Gasteiger partial charge is 0.476 e. The molecule has 0 spiro atoms. The van der Waals surface area contributed by atoms with Gasteiger partial charge in [-0.1, -0.05) is 17.3 Å². The molecule has 3 aliphatic rings. The lowest BCUT2D eigenvalue weighted by Gasteiger charge is -2.39. The van der Waals surface area contributed by atoms with Crippen molar-refractivity contribution in [2.75, 3.05) is 4.90 Å². The number of para-hydroxylation sites is 1. The highest BCUT2D eigenvalue weighted by Gasteiger charge is 2.43. The van der Waals surface area contributed by atoms with Gasteiger partial charge in [-0.15, -0.1) is 13.2 Å². The summed E-state index contributed by atoms with van der Waals surface area (Å²) >= 11 is 0. The summed E-state index contributed by atoms with van der Waals surface area (Å²) in [5, 5.41) is 13.4. The van der Waals surface area contributed by atoms with Crippen molar-refractivity contribution in [3.63, 3.8) is 0 Å². The molecular weight excluding hydrogens is 505 g/mol. The van der Waals surface area contributed by atoms with E-state index in [1.54, 1.807) is 12.3 Å². The van der Waals surface area contributed by atoms with Crippen LogP contribution in [0.15, 0.2) is 41.2 Å². The van der Waals surface area contributed by atoms with Crippen LogP contribution in [0.4, 0.5) is 19.0 Å². The van der Waals surface area contributed by atoms with E-state index in [2.05, 4.69) is 24.8 Å². The second-order valence-electron chi connectivity index (χ2n) is 9.96. The van der Waals surface area contributed by atoms with Crippen molar-refractivity contribution in [1.82, 2.24) is 15.1 Å². The number of carboxylic acids is 1. The van der Waals surface area contributed by atoms with Gasteiger partial charge in [-0.05, 0) is 50.7 Å². The number of carbonyl (C=O) groups is 1. The number of fused-ring (bicyclic) bond motifs is 2. The molecule has 2 bridgehead atoms. The third kappa shape index (κ3) is 4.92. The Morgan fingerprint density at radius 2 is 1.84 bits per heavy atom. The summed E-state index contributed by atoms with van der Waals surface area (Å²) in [6.07, 6.45) is 3.04. The van der Waals surface area contributed by atoms with Gasteiger partial charge in [0.15, 0.2) is 5.69 Å². The minimum absolute atomic E-state index is 0.0872. The molecule has 4 heterocycles. The lowest BCUT2D eigenvalue weighted by molar-refractivity contribution is -0.274. The van der Waals surface area contributed by atoms with Gasteiger partial charge in [0.1, 0.15) is 23.0 Å². The number of piperidine rings is 1. The lowest BCUT2D eigenvalue weighted by atomic mass is 9.99. The molecular formula is C26H25F3N4O5. The molecule has 200 valence electrons. The summed E-state index contributed by atoms with van der Waals surface area (Å²) < 4.78 is 55.3. The van der Waals surface area contributed by atoms with Gasteiger partial charge in [-0.25, -0.2) is 9.78 Å². The number of hydrogen-bond donors (Lipinski definition) is 1. The Labute approximate surface area is 215 Å². The van der Waals surface area contributed by atoms with Gasteiger partial charge in [-0.3, -0.25) is 4.98 Å². The number of carboxylic acid groups (broad SMARTS) is 1. The first kappa shape index (κ1) is 24.7. The topological polar surface area (TPSA) is 111 Å². The van der Waals surface area contributed by atoms with Crippen LogP contribution in [0.5, 0.6) is 5.75 Å². The number of halogens is 3. The van der Waals surface area contributed by atoms with Crippen molar-refractivity contribution in [3.8, 4) is 17.0 Å². The van der Waals surface area contributed by atoms with Crippen molar-refractivity contribution in [3.05, 3.63) is 53.7 Å². The first-order valence-corrected chi connectivity index (χ1v) is 12.6. The van der Waals surface area contributed by atoms with Gasteiger partial charge < -0.3 is 24.0 Å². The molecule has 3 atom stereocenters. The molecule has 2 unspecified atom stereocenters. The predicted octanol–water partition coefficient (Wildman–Crippen LogP) is 5.32. The highest BCUT2D eigenvalue weighted by molar-refractivity contribution is 5.85. The van der Waals surface area contributed by atoms with E-state index in [0.717, 1.165) is 25.7 Å². The molecule has 3 aromatic rings. The van der Waals surface area contributed by atoms with Gasteiger partial charge in [0.25, 0.3) is 0 Å². The molecule has 1 saturated carbocycles. The van der Waals surface area contributed by atoms with Gasteiger partial charge in [-0.2, -0.15) is 0 Å². The Balaban J connectivity index is 1.20. The van der Waals surface area contributed by atoms with E-state index in [9.17, 15) is 23.1 Å². The van der Waals surface area contributed by atoms with Crippen LogP contribution in [0.2, 0.25) is 0 Å². The standard InChI is InChI=1S/C26H25F3N4O5/c27-26(28,29)37-21-4-2-1-3-18(21)23-19(24(38-32-23)14-5-6-14)13-36-17-9-15-7-8-16(10-17)33(15)22-12-30-11-20(31-22)25(34)35/h1-4,11-12,14-17H,5-10,13H2,(H,34,35)/t15-,16?,17?/m0/s1. The lowest BCUT2D eigenvalue weighted by Crippen LogP contribution is -2.46. The molecule has 0 amide bonds. The molecule has 1 N–H and O–H groups in total. The zero-order valence-corrected chi connectivity index (χ0v) is 20.2. The highest BCUT2D eigenvalue weighted by atomic mass is 19.4. The number of aromatic carboxylic acids is 1. The van der Waals surface area contributed by atoms with Gasteiger partial charge in [0.2, 0.25) is 0 Å². The van der Waals surface area contributed by atoms with Crippen molar-refractivity contribution in [2.24, 2.45) is 0 Å². The maximum Gasteiger partial charge on any atom is 0.573 e. The number of aromatic nitrogens is 3. The fraction of sp³-hybridized carbons (Fsp3) is 0.462. The van der Waals surface area contributed by atoms with Crippen molar-refractivity contribution < 1.29 is 37.1 Å². The second-order valence-corrected chi connectivity index (χ2v) is 9.96. The summed E-state index contributed by atoms with van der Waals surface area (Å²) in [5.41, 5.74) is 1.06. The van der Waals surface area contributed by atoms with Crippen molar-refractivity contribution >= 4 is 11.8 Å². The fourth-order valence-electron chi connectivity index (χ4n) is 5.64. The summed E-state index contributed by atoms with van der Waals surface area (Å²) in [7, 11) is 0. The van der Waals surface area contributed by atoms with Crippen molar-refractivity contribution in [2.45, 2.75) is 75.6 Å². The maximum atomic E-state index is 13.0. The Hall–Kier alpha value is -3.67. The van der Waals surface area contributed by atoms with Gasteiger partial charge in [0.05, 0.1) is 25.1 Å². The third-order valence-electron chi connectivity index (χ3n) is 7.39. The molecule has 12 heteroatoms. The first-order chi connectivity index (χ1) is 18.3. The minimum Gasteiger partial charge on any atom is -0.476 e. The Kier molecular flexibility index (Phi) is 6.21. The molecule has 1 aliphatic carbocycles. The van der Waals surface area contributed by atoms with Gasteiger partial charge in [0, 0.05) is 29.1 Å². The molecule has 3 fully saturated rings. The molecule has 9 nitrogen and oxygen atoms in total. The monoisotopic (exact) mass is 530 g/mol. The molecule has 1 aromatic carbocycles. The minimum atomic E-state index is -4.84. The SMILES string of the molecule is O=C(O)c1cncc(N2C3CC[C@H]2CC(OCc2c(-c4ccccc4OC(F)(F)F)noc2C2CC2)C3)n1. The molecule has 0 radical (unpaired) electrons. The van der Waals surface area contributed by atoms with Crippen LogP contribution in [0.25, 0.3) is 11.3 Å². The highest BCUT2D eigenvalue weighted by Crippen LogP contribution is 2.46. The number of alkyl halides is 3. The van der Waals surface area contributed by atoms with Crippen LogP contribution in [0.1, 0.15) is 66.3 Å². The van der Waals surface area contributed by atoms with Crippen molar-refractivity contribution in [1.29, 1.82) is 0 Å². The average Bonchev–Trinajstić information content (AvgIpc) is 3.58. The van der Waals surface area contributed by atoms with Crippen LogP contribution in [0, 0.1) is 0 Å². The number of nitrogens with zero attached hydrogens (tertiary/aromatic N) is 4. The molecule has 2 saturated heterocycles. The predicted molar refractivity (Wildman–Crippen MR) is 127 cm³/mol. The number of hydrogen-bond acceptors (Lipinski definition) is 8. The fourth-order valence-corrected chi connectivity index (χ4v) is 5.64. The van der Waals surface area contributed by atoms with E-state index in [1.807, 2.05) is 0 Å². The van der Waals surface area contributed by atoms with E-state index >= 15 is 0 Å². The van der Waals surface area contributed by atoms with E-state index in [-0.39, 0.29) is 47.7 Å². The van der Waals surface area contributed by atoms with Crippen LogP contribution in [-0.4, -0.2) is 50.8 Å². The number of ether oxygens (including phenoxy) is 2. The van der Waals surface area contributed by atoms with E-state index in [1.165, 1.54) is 24.4 Å². The summed E-state index contributed by atoms with van der Waals surface area (Å²) in [5.74, 6) is -0.0721. The largest absolute Gasteiger partial charge is 0.573 e. The summed E-state index contributed by atoms with van der Waals surface area (Å²) in [6.45, 7) is 0.156. The quantitative estimate of drug-likeness (QED) is 0.414. The average molecular weight is 531 g/mol. The van der Waals surface area contributed by atoms with Crippen LogP contribution in [-0.2, 0) is 11.3 Å². The summed E-state index contributed by atoms with van der Waals surface area (Å²) in [4.78, 5) is 21.8. The Bertz CT molecular complexity index is 1330. The van der Waals surface area contributed by atoms with Crippen LogP contribution in [0.3, 0.4) is 0 Å². The molecule has 38 heavy (non-hydrogen) atoms. The number of anilines is 1. The normalized spacial score (nSPS) is 23.0. The number of rotatable bonds is 8. The first-order valence-electron chi connectivity index (χ1n) is 12.6. The maximum absolute atomic E-state index is 13.0. The van der Waals surface area contributed by atoms with Crippen LogP contribution >= 0.6 is 0 Å². The zero-order chi connectivity index (χ0) is 26.4. The Morgan fingerprint density at radius 1 is 1.11 bits per heavy atom. The summed E-state index contributed by atoms with van der Waals surface area (Å²) in [6, 6.07) is 6.15. The third-order valence-corrected chi connectivity index (χ3v) is 7.39.